The summed E-state index contributed by atoms with van der Waals surface area (Å²) in [5.41, 5.74) is 4.86. The third-order valence-corrected chi connectivity index (χ3v) is 0.583. The number of likely N-dealkylation sites (N-methyl/N-ethyl adjacent to an activating group) is 1. The Morgan fingerprint density at radius 2 is 2.14 bits per heavy atom. The van der Waals surface area contributed by atoms with Gasteiger partial charge < -0.3 is 10.6 Å². The molecule has 0 unspecified atom stereocenters. The Balaban J connectivity index is 3.35. The average molecular weight is 101 g/mol. The van der Waals surface area contributed by atoms with Crippen LogP contribution in [0.3, 0.4) is 0 Å². The molecule has 3 heteroatoms. The minimum absolute atomic E-state index is 0.167. The Morgan fingerprint density at radius 3 is 2.14 bits per heavy atom. The van der Waals surface area contributed by atoms with E-state index in [-0.39, 0.29) is 5.91 Å². The number of carbonyl (C=O) groups excluding carboxylic acids is 1. The summed E-state index contributed by atoms with van der Waals surface area (Å²) in [4.78, 5) is 11.7. The Bertz CT molecular complexity index is 70.1. The van der Waals surface area contributed by atoms with Crippen molar-refractivity contribution >= 4 is 5.91 Å². The second-order valence-electron chi connectivity index (χ2n) is 1.40. The van der Waals surface area contributed by atoms with Crippen molar-refractivity contribution in [1.82, 2.24) is 4.90 Å². The van der Waals surface area contributed by atoms with Gasteiger partial charge in [0.15, 0.2) is 0 Å². The molecule has 0 aliphatic rings. The normalized spacial score (nSPS) is 8.43. The van der Waals surface area contributed by atoms with Crippen molar-refractivity contribution in [3.63, 3.8) is 0 Å². The molecule has 41 valence electrons. The molecule has 1 radical (unpaired) electrons. The smallest absolute Gasteiger partial charge is 0.241 e. The molecule has 1 amide bonds. The van der Waals surface area contributed by atoms with E-state index in [1.807, 2.05) is 0 Å². The van der Waals surface area contributed by atoms with Gasteiger partial charge in [-0.05, 0) is 0 Å². The molecule has 0 atom stereocenters. The van der Waals surface area contributed by atoms with E-state index in [0.717, 1.165) is 6.54 Å². The number of rotatable bonds is 1. The van der Waals surface area contributed by atoms with Crippen LogP contribution in [0.5, 0.6) is 0 Å². The molecular weight excluding hydrogens is 92.1 g/mol. The van der Waals surface area contributed by atoms with E-state index in [1.165, 1.54) is 4.90 Å². The van der Waals surface area contributed by atoms with Crippen molar-refractivity contribution in [2.75, 3.05) is 14.1 Å². The van der Waals surface area contributed by atoms with Crippen molar-refractivity contribution < 1.29 is 4.79 Å². The Kier molecular flexibility index (Phi) is 2.37. The number of nitrogens with zero attached hydrogens (tertiary/aromatic N) is 1. The summed E-state index contributed by atoms with van der Waals surface area (Å²) >= 11 is 0. The lowest BCUT2D eigenvalue weighted by atomic mass is 10.6. The zero-order chi connectivity index (χ0) is 5.86. The number of amides is 1. The summed E-state index contributed by atoms with van der Waals surface area (Å²) in [5, 5.41) is 0. The van der Waals surface area contributed by atoms with Crippen molar-refractivity contribution in [3.05, 3.63) is 6.54 Å². The van der Waals surface area contributed by atoms with Gasteiger partial charge in [0.2, 0.25) is 5.91 Å². The van der Waals surface area contributed by atoms with Gasteiger partial charge in [0.1, 0.15) is 6.54 Å². The third kappa shape index (κ3) is 2.17. The Hall–Kier alpha value is -0.570. The van der Waals surface area contributed by atoms with Gasteiger partial charge in [-0.15, -0.1) is 0 Å². The number of hydrogen-bond donors (Lipinski definition) is 1. The van der Waals surface area contributed by atoms with Crippen LogP contribution in [0.1, 0.15) is 0 Å². The number of nitrogens with two attached hydrogens (primary N) is 1. The molecule has 0 heterocycles. The van der Waals surface area contributed by atoms with E-state index in [2.05, 4.69) is 0 Å². The van der Waals surface area contributed by atoms with Gasteiger partial charge >= 0.3 is 0 Å². The van der Waals surface area contributed by atoms with Crippen molar-refractivity contribution in [2.45, 2.75) is 0 Å². The van der Waals surface area contributed by atoms with Gasteiger partial charge in [0.05, 0.1) is 0 Å². The highest BCUT2D eigenvalue weighted by atomic mass is 16.2. The fourth-order valence-corrected chi connectivity index (χ4v) is 0.149. The average Bonchev–Trinajstić information content (AvgIpc) is 1.65. The Labute approximate surface area is 43.1 Å². The molecule has 0 aromatic heterocycles. The maximum Gasteiger partial charge on any atom is 0.241 e. The fourth-order valence-electron chi connectivity index (χ4n) is 0.149. The van der Waals surface area contributed by atoms with Gasteiger partial charge in [0.25, 0.3) is 0 Å². The first-order valence-corrected chi connectivity index (χ1v) is 1.94. The molecule has 0 aliphatic carbocycles. The van der Waals surface area contributed by atoms with Crippen LogP contribution in [0.2, 0.25) is 0 Å². The molecule has 0 spiro atoms. The van der Waals surface area contributed by atoms with Gasteiger partial charge in [-0.2, -0.15) is 0 Å². The highest BCUT2D eigenvalue weighted by Gasteiger charge is 1.96. The van der Waals surface area contributed by atoms with E-state index in [0.29, 0.717) is 0 Å². The Morgan fingerprint density at radius 1 is 1.71 bits per heavy atom. The van der Waals surface area contributed by atoms with Crippen molar-refractivity contribution in [1.29, 1.82) is 0 Å². The first-order chi connectivity index (χ1) is 3.18. The van der Waals surface area contributed by atoms with Gasteiger partial charge in [0, 0.05) is 14.1 Å². The third-order valence-electron chi connectivity index (χ3n) is 0.583. The van der Waals surface area contributed by atoms with Crippen LogP contribution in [0.4, 0.5) is 0 Å². The second-order valence-corrected chi connectivity index (χ2v) is 1.40. The predicted octanol–water partition coefficient (Wildman–Crippen LogP) is -0.805. The maximum atomic E-state index is 10.3. The summed E-state index contributed by atoms with van der Waals surface area (Å²) in [7, 11) is 3.29. The molecule has 3 nitrogen and oxygen atoms in total. The van der Waals surface area contributed by atoms with Crippen molar-refractivity contribution in [2.24, 2.45) is 5.73 Å². The van der Waals surface area contributed by atoms with Crippen LogP contribution in [0.15, 0.2) is 0 Å². The van der Waals surface area contributed by atoms with E-state index < -0.39 is 0 Å². The predicted molar refractivity (Wildman–Crippen MR) is 27.2 cm³/mol. The second kappa shape index (κ2) is 2.58. The van der Waals surface area contributed by atoms with E-state index in [4.69, 9.17) is 5.73 Å². The summed E-state index contributed by atoms with van der Waals surface area (Å²) in [6.07, 6.45) is 0. The molecule has 0 saturated heterocycles. The maximum absolute atomic E-state index is 10.3. The fraction of sp³-hybridized carbons (Fsp3) is 0.500. The first-order valence-electron chi connectivity index (χ1n) is 1.94. The largest absolute Gasteiger partial charge is 0.347 e. The highest BCUT2D eigenvalue weighted by Crippen LogP contribution is 1.74. The van der Waals surface area contributed by atoms with Gasteiger partial charge in [-0.25, -0.2) is 0 Å². The zero-order valence-electron chi connectivity index (χ0n) is 4.51. The topological polar surface area (TPSA) is 46.3 Å². The van der Waals surface area contributed by atoms with E-state index >= 15 is 0 Å². The summed E-state index contributed by atoms with van der Waals surface area (Å²) < 4.78 is 0. The first kappa shape index (κ1) is 6.43. The quantitative estimate of drug-likeness (QED) is 0.469. The number of carbonyl (C=O) groups is 1. The van der Waals surface area contributed by atoms with E-state index in [9.17, 15) is 4.79 Å². The zero-order valence-corrected chi connectivity index (χ0v) is 4.51. The molecule has 2 N–H and O–H groups in total. The van der Waals surface area contributed by atoms with E-state index in [1.54, 1.807) is 14.1 Å². The van der Waals surface area contributed by atoms with Crippen LogP contribution in [0.25, 0.3) is 0 Å². The lowest BCUT2D eigenvalue weighted by Gasteiger charge is -2.05. The summed E-state index contributed by atoms with van der Waals surface area (Å²) in [6, 6.07) is 0. The van der Waals surface area contributed by atoms with Gasteiger partial charge in [-0.3, -0.25) is 4.79 Å². The van der Waals surface area contributed by atoms with Crippen LogP contribution >= 0.6 is 0 Å². The standard InChI is InChI=1S/C4H9N2O/c1-6(2)4(7)3-5/h3H,5H2,1-2H3. The molecule has 0 saturated carbocycles. The molecule has 0 fully saturated rings. The molecule has 7 heavy (non-hydrogen) atoms. The molecular formula is C4H9N2O. The summed E-state index contributed by atoms with van der Waals surface area (Å²) in [5.74, 6) is -0.167. The molecule has 0 aromatic rings. The van der Waals surface area contributed by atoms with Crippen LogP contribution < -0.4 is 5.73 Å². The minimum atomic E-state index is -0.167. The summed E-state index contributed by atoms with van der Waals surface area (Å²) in [6.45, 7) is 1.03. The number of hydrogen-bond acceptors (Lipinski definition) is 2. The monoisotopic (exact) mass is 101 g/mol. The highest BCUT2D eigenvalue weighted by molar-refractivity contribution is 5.83. The van der Waals surface area contributed by atoms with Crippen LogP contribution in [0, 0.1) is 6.54 Å². The molecule has 0 bridgehead atoms. The van der Waals surface area contributed by atoms with Gasteiger partial charge in [-0.1, -0.05) is 0 Å². The van der Waals surface area contributed by atoms with Crippen molar-refractivity contribution in [3.8, 4) is 0 Å². The molecule has 0 aliphatic heterocycles. The molecule has 0 rings (SSSR count). The minimum Gasteiger partial charge on any atom is -0.347 e. The lowest BCUT2D eigenvalue weighted by Crippen LogP contribution is -2.24. The lowest BCUT2D eigenvalue weighted by molar-refractivity contribution is -0.125. The molecule has 0 aromatic carbocycles. The van der Waals surface area contributed by atoms with Crippen LogP contribution in [-0.4, -0.2) is 24.9 Å². The SMILES string of the molecule is CN(C)C(=O)[CH]N. The van der Waals surface area contributed by atoms with Crippen LogP contribution in [-0.2, 0) is 4.79 Å².